The smallest absolute Gasteiger partial charge is 0.233 e. The molecule has 0 aliphatic rings. The van der Waals surface area contributed by atoms with Crippen LogP contribution in [-0.2, 0) is 11.3 Å². The number of rotatable bonds is 9. The molecule has 0 spiro atoms. The fourth-order valence-corrected chi connectivity index (χ4v) is 4.27. The zero-order valence-corrected chi connectivity index (χ0v) is 17.4. The lowest BCUT2D eigenvalue weighted by molar-refractivity contribution is -0.129. The second-order valence-corrected chi connectivity index (χ2v) is 8.79. The van der Waals surface area contributed by atoms with Crippen molar-refractivity contribution in [3.8, 4) is 10.7 Å². The van der Waals surface area contributed by atoms with Gasteiger partial charge in [-0.25, -0.2) is 0 Å². The molecule has 0 atom stereocenters. The third-order valence-corrected chi connectivity index (χ3v) is 5.44. The van der Waals surface area contributed by atoms with E-state index in [4.69, 9.17) is 0 Å². The van der Waals surface area contributed by atoms with Crippen molar-refractivity contribution in [2.24, 2.45) is 11.8 Å². The Morgan fingerprint density at radius 1 is 1.24 bits per heavy atom. The van der Waals surface area contributed by atoms with Gasteiger partial charge in [0.05, 0.1) is 10.6 Å². The van der Waals surface area contributed by atoms with E-state index in [1.54, 1.807) is 11.3 Å². The molecule has 0 bridgehead atoms. The third kappa shape index (κ3) is 5.57. The van der Waals surface area contributed by atoms with Crippen LogP contribution in [0.4, 0.5) is 0 Å². The molecule has 138 valence electrons. The molecule has 0 radical (unpaired) electrons. The topological polar surface area (TPSA) is 51.0 Å². The molecule has 5 nitrogen and oxygen atoms in total. The van der Waals surface area contributed by atoms with Crippen LogP contribution in [0, 0.1) is 11.8 Å². The number of thiophene rings is 1. The molecule has 0 fully saturated rings. The molecular formula is C18H28N4OS2. The lowest BCUT2D eigenvalue weighted by Gasteiger charge is -2.26. The van der Waals surface area contributed by atoms with E-state index in [0.29, 0.717) is 17.6 Å². The first kappa shape index (κ1) is 20.0. The zero-order valence-electron chi connectivity index (χ0n) is 15.7. The molecule has 2 aromatic heterocycles. The van der Waals surface area contributed by atoms with Crippen LogP contribution in [0.2, 0.25) is 0 Å². The van der Waals surface area contributed by atoms with Gasteiger partial charge in [0.1, 0.15) is 0 Å². The molecule has 0 aliphatic carbocycles. The fraction of sp³-hybridized carbons (Fsp3) is 0.611. The van der Waals surface area contributed by atoms with Crippen LogP contribution < -0.4 is 0 Å². The van der Waals surface area contributed by atoms with Crippen LogP contribution in [0.15, 0.2) is 22.7 Å². The summed E-state index contributed by atoms with van der Waals surface area (Å²) in [5, 5.41) is 11.5. The van der Waals surface area contributed by atoms with E-state index in [-0.39, 0.29) is 5.91 Å². The second-order valence-electron chi connectivity index (χ2n) is 6.90. The van der Waals surface area contributed by atoms with E-state index in [2.05, 4.69) is 49.4 Å². The Morgan fingerprint density at radius 3 is 2.44 bits per heavy atom. The van der Waals surface area contributed by atoms with Crippen LogP contribution in [0.25, 0.3) is 10.7 Å². The molecule has 7 heteroatoms. The summed E-state index contributed by atoms with van der Waals surface area (Å²) in [6.45, 7) is 13.1. The van der Waals surface area contributed by atoms with E-state index in [0.717, 1.165) is 35.5 Å². The normalized spacial score (nSPS) is 11.5. The lowest BCUT2D eigenvalue weighted by atomic mass is 10.1. The van der Waals surface area contributed by atoms with Crippen LogP contribution in [0.5, 0.6) is 0 Å². The van der Waals surface area contributed by atoms with Gasteiger partial charge in [-0.3, -0.25) is 4.79 Å². The maximum Gasteiger partial charge on any atom is 0.233 e. The van der Waals surface area contributed by atoms with Crippen molar-refractivity contribution in [2.45, 2.75) is 46.3 Å². The first-order valence-electron chi connectivity index (χ1n) is 8.80. The summed E-state index contributed by atoms with van der Waals surface area (Å²) in [4.78, 5) is 15.8. The van der Waals surface area contributed by atoms with Gasteiger partial charge in [0.25, 0.3) is 0 Å². The van der Waals surface area contributed by atoms with Crippen LogP contribution in [0.1, 0.15) is 34.6 Å². The van der Waals surface area contributed by atoms with Gasteiger partial charge in [-0.15, -0.1) is 21.5 Å². The number of aromatic nitrogens is 3. The van der Waals surface area contributed by atoms with Crippen molar-refractivity contribution in [1.29, 1.82) is 0 Å². The SMILES string of the molecule is CCn1c(SCC(=O)N(CC(C)C)CC(C)C)nnc1-c1cccs1. The van der Waals surface area contributed by atoms with Crippen LogP contribution in [0.3, 0.4) is 0 Å². The highest BCUT2D eigenvalue weighted by atomic mass is 32.2. The minimum atomic E-state index is 0.177. The van der Waals surface area contributed by atoms with Crippen molar-refractivity contribution in [3.05, 3.63) is 17.5 Å². The number of carbonyl (C=O) groups is 1. The average molecular weight is 381 g/mol. The van der Waals surface area contributed by atoms with E-state index in [1.165, 1.54) is 11.8 Å². The van der Waals surface area contributed by atoms with Crippen molar-refractivity contribution >= 4 is 29.0 Å². The monoisotopic (exact) mass is 380 g/mol. The first-order valence-corrected chi connectivity index (χ1v) is 10.7. The zero-order chi connectivity index (χ0) is 18.4. The molecule has 0 saturated heterocycles. The molecule has 2 rings (SSSR count). The lowest BCUT2D eigenvalue weighted by Crippen LogP contribution is -2.38. The molecule has 0 N–H and O–H groups in total. The van der Waals surface area contributed by atoms with Gasteiger partial charge < -0.3 is 9.47 Å². The molecule has 1 amide bonds. The predicted molar refractivity (Wildman–Crippen MR) is 106 cm³/mol. The summed E-state index contributed by atoms with van der Waals surface area (Å²) in [5.74, 6) is 2.40. The van der Waals surface area contributed by atoms with Gasteiger partial charge in [0, 0.05) is 19.6 Å². The Balaban J connectivity index is 2.05. The highest BCUT2D eigenvalue weighted by Crippen LogP contribution is 2.27. The number of thioether (sulfide) groups is 1. The van der Waals surface area contributed by atoms with Gasteiger partial charge in [-0.2, -0.15) is 0 Å². The Kier molecular flexibility index (Phi) is 7.50. The second kappa shape index (κ2) is 9.38. The van der Waals surface area contributed by atoms with Gasteiger partial charge in [-0.05, 0) is 30.2 Å². The Labute approximate surface area is 158 Å². The number of carbonyl (C=O) groups excluding carboxylic acids is 1. The van der Waals surface area contributed by atoms with Gasteiger partial charge in [-0.1, -0.05) is 45.5 Å². The number of hydrogen-bond acceptors (Lipinski definition) is 5. The molecule has 2 aromatic rings. The fourth-order valence-electron chi connectivity index (χ4n) is 2.65. The van der Waals surface area contributed by atoms with E-state index in [1.807, 2.05) is 22.4 Å². The van der Waals surface area contributed by atoms with Crippen molar-refractivity contribution < 1.29 is 4.79 Å². The Bertz CT molecular complexity index is 655. The molecule has 0 unspecified atom stereocenters. The minimum Gasteiger partial charge on any atom is -0.341 e. The standard InChI is InChI=1S/C18H28N4OS2/c1-6-22-17(15-8-7-9-24-15)19-20-18(22)25-12-16(23)21(10-13(2)3)11-14(4)5/h7-9,13-14H,6,10-12H2,1-5H3. The number of nitrogens with zero attached hydrogens (tertiary/aromatic N) is 4. The third-order valence-electron chi connectivity index (χ3n) is 3.62. The Hall–Kier alpha value is -1.34. The number of amides is 1. The van der Waals surface area contributed by atoms with Crippen molar-refractivity contribution in [3.63, 3.8) is 0 Å². The van der Waals surface area contributed by atoms with E-state index in [9.17, 15) is 4.79 Å². The molecule has 2 heterocycles. The van der Waals surface area contributed by atoms with Crippen molar-refractivity contribution in [2.75, 3.05) is 18.8 Å². The highest BCUT2D eigenvalue weighted by molar-refractivity contribution is 7.99. The predicted octanol–water partition coefficient (Wildman–Crippen LogP) is 4.26. The van der Waals surface area contributed by atoms with E-state index < -0.39 is 0 Å². The summed E-state index contributed by atoms with van der Waals surface area (Å²) in [6, 6.07) is 4.06. The summed E-state index contributed by atoms with van der Waals surface area (Å²) in [5.41, 5.74) is 0. The highest BCUT2D eigenvalue weighted by Gasteiger charge is 2.19. The maximum atomic E-state index is 12.7. The van der Waals surface area contributed by atoms with Gasteiger partial charge >= 0.3 is 0 Å². The quantitative estimate of drug-likeness (QED) is 0.610. The first-order chi connectivity index (χ1) is 11.9. The summed E-state index contributed by atoms with van der Waals surface area (Å²) >= 11 is 3.14. The molecule has 0 aromatic carbocycles. The summed E-state index contributed by atoms with van der Waals surface area (Å²) in [6.07, 6.45) is 0. The maximum absolute atomic E-state index is 12.7. The average Bonchev–Trinajstić information content (AvgIpc) is 3.19. The molecule has 0 aliphatic heterocycles. The Morgan fingerprint density at radius 2 is 1.92 bits per heavy atom. The summed E-state index contributed by atoms with van der Waals surface area (Å²) < 4.78 is 2.08. The molecular weight excluding hydrogens is 352 g/mol. The van der Waals surface area contributed by atoms with E-state index >= 15 is 0 Å². The molecule has 25 heavy (non-hydrogen) atoms. The van der Waals surface area contributed by atoms with Gasteiger partial charge in [0.2, 0.25) is 5.91 Å². The summed E-state index contributed by atoms with van der Waals surface area (Å²) in [7, 11) is 0. The minimum absolute atomic E-state index is 0.177. The number of hydrogen-bond donors (Lipinski definition) is 0. The van der Waals surface area contributed by atoms with Crippen LogP contribution >= 0.6 is 23.1 Å². The largest absolute Gasteiger partial charge is 0.341 e. The van der Waals surface area contributed by atoms with Crippen LogP contribution in [-0.4, -0.2) is 44.4 Å². The van der Waals surface area contributed by atoms with Gasteiger partial charge in [0.15, 0.2) is 11.0 Å². The molecule has 0 saturated carbocycles. The van der Waals surface area contributed by atoms with Crippen molar-refractivity contribution in [1.82, 2.24) is 19.7 Å².